The van der Waals surface area contributed by atoms with Crippen LogP contribution in [0.4, 0.5) is 0 Å². The molecule has 0 N–H and O–H groups in total. The molecule has 4 bridgehead atoms. The van der Waals surface area contributed by atoms with Gasteiger partial charge in [0.05, 0.1) is 13.5 Å². The zero-order chi connectivity index (χ0) is 15.7. The van der Waals surface area contributed by atoms with Crippen LogP contribution in [0.25, 0.3) is 0 Å². The molecule has 0 spiro atoms. The Balaban J connectivity index is 1.78. The lowest BCUT2D eigenvalue weighted by atomic mass is 9.52. The molecule has 4 heteroatoms. The summed E-state index contributed by atoms with van der Waals surface area (Å²) in [5, 5.41) is 0. The summed E-state index contributed by atoms with van der Waals surface area (Å²) in [7, 11) is 1.42. The molecule has 4 fully saturated rings. The van der Waals surface area contributed by atoms with Gasteiger partial charge in [0.15, 0.2) is 0 Å². The van der Waals surface area contributed by atoms with Crippen molar-refractivity contribution in [3.05, 3.63) is 0 Å². The molecule has 0 radical (unpaired) electrons. The van der Waals surface area contributed by atoms with Crippen LogP contribution < -0.4 is 0 Å². The van der Waals surface area contributed by atoms with E-state index in [1.54, 1.807) is 0 Å². The third-order valence-electron chi connectivity index (χ3n) is 6.11. The van der Waals surface area contributed by atoms with Gasteiger partial charge in [0.1, 0.15) is 0 Å². The molecule has 4 rings (SSSR count). The van der Waals surface area contributed by atoms with Crippen molar-refractivity contribution in [1.82, 2.24) is 4.90 Å². The molecular formula is C18H29NO3. The molecule has 1 amide bonds. The molecule has 0 aromatic rings. The van der Waals surface area contributed by atoms with Crippen molar-refractivity contribution in [1.29, 1.82) is 0 Å². The van der Waals surface area contributed by atoms with Crippen LogP contribution in [0.1, 0.15) is 64.7 Å². The van der Waals surface area contributed by atoms with Gasteiger partial charge in [-0.05, 0) is 62.7 Å². The molecular weight excluding hydrogens is 278 g/mol. The lowest BCUT2D eigenvalue weighted by molar-refractivity contribution is -0.153. The van der Waals surface area contributed by atoms with Gasteiger partial charge < -0.3 is 9.64 Å². The van der Waals surface area contributed by atoms with Gasteiger partial charge in [-0.25, -0.2) is 0 Å². The molecule has 4 saturated carbocycles. The number of ether oxygens (including phenoxy) is 1. The van der Waals surface area contributed by atoms with Crippen LogP contribution in [-0.4, -0.2) is 36.0 Å². The average Bonchev–Trinajstić information content (AvgIpc) is 2.45. The summed E-state index contributed by atoms with van der Waals surface area (Å²) < 4.78 is 4.78. The van der Waals surface area contributed by atoms with Crippen molar-refractivity contribution in [2.45, 2.75) is 70.3 Å². The smallest absolute Gasteiger partial charge is 0.307 e. The van der Waals surface area contributed by atoms with Gasteiger partial charge in [-0.3, -0.25) is 9.59 Å². The molecule has 4 aliphatic carbocycles. The molecule has 0 saturated heterocycles. The maximum absolute atomic E-state index is 12.7. The maximum Gasteiger partial charge on any atom is 0.307 e. The van der Waals surface area contributed by atoms with E-state index in [4.69, 9.17) is 4.74 Å². The lowest BCUT2D eigenvalue weighted by Gasteiger charge is -2.60. The highest BCUT2D eigenvalue weighted by Gasteiger charge is 2.54. The fourth-order valence-corrected chi connectivity index (χ4v) is 5.68. The van der Waals surface area contributed by atoms with E-state index >= 15 is 0 Å². The Morgan fingerprint density at radius 3 is 2.05 bits per heavy atom. The first-order chi connectivity index (χ1) is 10.6. The largest absolute Gasteiger partial charge is 0.469 e. The fourth-order valence-electron chi connectivity index (χ4n) is 5.68. The normalized spacial score (nSPS) is 35.5. The van der Waals surface area contributed by atoms with Crippen LogP contribution >= 0.6 is 0 Å². The van der Waals surface area contributed by atoms with Gasteiger partial charge in [0.2, 0.25) is 5.91 Å². The first kappa shape index (κ1) is 15.8. The molecule has 0 aromatic heterocycles. The molecule has 22 heavy (non-hydrogen) atoms. The Bertz CT molecular complexity index is 410. The van der Waals surface area contributed by atoms with E-state index < -0.39 is 0 Å². The summed E-state index contributed by atoms with van der Waals surface area (Å²) in [4.78, 5) is 26.4. The van der Waals surface area contributed by atoms with Crippen LogP contribution in [-0.2, 0) is 14.3 Å². The molecule has 0 atom stereocenters. The van der Waals surface area contributed by atoms with Crippen molar-refractivity contribution in [2.24, 2.45) is 17.8 Å². The average molecular weight is 307 g/mol. The second-order valence-electron chi connectivity index (χ2n) is 7.76. The number of hydrogen-bond donors (Lipinski definition) is 0. The van der Waals surface area contributed by atoms with Gasteiger partial charge in [-0.15, -0.1) is 0 Å². The third kappa shape index (κ3) is 2.89. The summed E-state index contributed by atoms with van der Waals surface area (Å²) in [6.07, 6.45) is 9.39. The van der Waals surface area contributed by atoms with Crippen molar-refractivity contribution in [2.75, 3.05) is 13.7 Å². The Labute approximate surface area is 133 Å². The Hall–Kier alpha value is -1.06. The van der Waals surface area contributed by atoms with Crippen LogP contribution in [0, 0.1) is 17.8 Å². The summed E-state index contributed by atoms with van der Waals surface area (Å²) in [5.74, 6) is 2.45. The first-order valence-electron chi connectivity index (χ1n) is 8.93. The Morgan fingerprint density at radius 1 is 1.05 bits per heavy atom. The molecule has 0 aromatic carbocycles. The summed E-state index contributed by atoms with van der Waals surface area (Å²) in [5.41, 5.74) is 0.0506. The highest BCUT2D eigenvalue weighted by Crippen LogP contribution is 2.57. The van der Waals surface area contributed by atoms with E-state index in [1.807, 2.05) is 0 Å². The van der Waals surface area contributed by atoms with Crippen LogP contribution in [0.2, 0.25) is 0 Å². The highest BCUT2D eigenvalue weighted by atomic mass is 16.5. The Kier molecular flexibility index (Phi) is 4.47. The SMILES string of the molecule is CCCC(=O)N(CCC(=O)OC)C12CC3CC(CC(C3)C1)C2. The summed E-state index contributed by atoms with van der Waals surface area (Å²) >= 11 is 0. The number of rotatable bonds is 6. The molecule has 0 aliphatic heterocycles. The molecule has 0 unspecified atom stereocenters. The third-order valence-corrected chi connectivity index (χ3v) is 6.11. The predicted octanol–water partition coefficient (Wildman–Crippen LogP) is 3.15. The fraction of sp³-hybridized carbons (Fsp3) is 0.889. The van der Waals surface area contributed by atoms with Crippen molar-refractivity contribution in [3.8, 4) is 0 Å². The Morgan fingerprint density at radius 2 is 1.59 bits per heavy atom. The zero-order valence-corrected chi connectivity index (χ0v) is 14.0. The minimum Gasteiger partial charge on any atom is -0.469 e. The van der Waals surface area contributed by atoms with E-state index in [9.17, 15) is 9.59 Å². The van der Waals surface area contributed by atoms with Crippen molar-refractivity contribution < 1.29 is 14.3 Å². The van der Waals surface area contributed by atoms with E-state index in [0.29, 0.717) is 19.4 Å². The number of nitrogens with zero attached hydrogens (tertiary/aromatic N) is 1. The summed E-state index contributed by atoms with van der Waals surface area (Å²) in [6, 6.07) is 0. The van der Waals surface area contributed by atoms with E-state index in [-0.39, 0.29) is 17.4 Å². The predicted molar refractivity (Wildman–Crippen MR) is 84.2 cm³/mol. The van der Waals surface area contributed by atoms with E-state index in [0.717, 1.165) is 43.4 Å². The lowest BCUT2D eigenvalue weighted by Crippen LogP contribution is -2.61. The van der Waals surface area contributed by atoms with Gasteiger partial charge >= 0.3 is 5.97 Å². The van der Waals surface area contributed by atoms with Crippen LogP contribution in [0.15, 0.2) is 0 Å². The topological polar surface area (TPSA) is 46.6 Å². The quantitative estimate of drug-likeness (QED) is 0.708. The number of carbonyl (C=O) groups is 2. The molecule has 4 nitrogen and oxygen atoms in total. The molecule has 124 valence electrons. The minimum absolute atomic E-state index is 0.0506. The second kappa shape index (κ2) is 6.21. The van der Waals surface area contributed by atoms with Crippen LogP contribution in [0.5, 0.6) is 0 Å². The zero-order valence-electron chi connectivity index (χ0n) is 14.0. The highest BCUT2D eigenvalue weighted by molar-refractivity contribution is 5.78. The summed E-state index contributed by atoms with van der Waals surface area (Å²) in [6.45, 7) is 2.59. The minimum atomic E-state index is -0.209. The number of amides is 1. The van der Waals surface area contributed by atoms with Gasteiger partial charge in [-0.2, -0.15) is 0 Å². The second-order valence-corrected chi connectivity index (χ2v) is 7.76. The monoisotopic (exact) mass is 307 g/mol. The number of esters is 1. The molecule has 0 heterocycles. The number of hydrogen-bond acceptors (Lipinski definition) is 3. The van der Waals surface area contributed by atoms with Crippen molar-refractivity contribution in [3.63, 3.8) is 0 Å². The maximum atomic E-state index is 12.7. The van der Waals surface area contributed by atoms with E-state index in [1.165, 1.54) is 26.4 Å². The molecule has 4 aliphatic rings. The standard InChI is InChI=1S/C18H29NO3/c1-3-4-16(20)19(6-5-17(21)22-2)18-10-13-7-14(11-18)9-15(8-13)12-18/h13-15H,3-12H2,1-2H3. The van der Waals surface area contributed by atoms with Crippen molar-refractivity contribution >= 4 is 11.9 Å². The van der Waals surface area contributed by atoms with Crippen LogP contribution in [0.3, 0.4) is 0 Å². The number of methoxy groups -OCH3 is 1. The van der Waals surface area contributed by atoms with E-state index in [2.05, 4.69) is 11.8 Å². The first-order valence-corrected chi connectivity index (χ1v) is 8.93. The number of carbonyl (C=O) groups excluding carboxylic acids is 2. The van der Waals surface area contributed by atoms with Gasteiger partial charge in [0, 0.05) is 18.5 Å². The van der Waals surface area contributed by atoms with Gasteiger partial charge in [0.25, 0.3) is 0 Å². The van der Waals surface area contributed by atoms with Gasteiger partial charge in [-0.1, -0.05) is 6.92 Å².